The molecule has 0 aliphatic carbocycles. The van der Waals surface area contributed by atoms with Crippen LogP contribution in [0, 0.1) is 0 Å². The fraction of sp³-hybridized carbons (Fsp3) is 0.438. The third kappa shape index (κ3) is 2.47. The number of H-pyrrole nitrogens is 1. The normalized spacial score (nSPS) is 20.8. The standard InChI is InChI=1S/C16H22BN3O2/c1-15(2)16(3,4)22-17(21-15)12(9-18)8-11-6-5-7-13-14(11)20-10-19-13/h5-8,10H,9,18H2,1-4H3,(H,19,20). The third-order valence-corrected chi connectivity index (χ3v) is 4.61. The first-order chi connectivity index (χ1) is 10.3. The molecule has 2 heterocycles. The Kier molecular flexibility index (Phi) is 3.63. The largest absolute Gasteiger partial charge is 0.491 e. The third-order valence-electron chi connectivity index (χ3n) is 4.61. The molecule has 3 rings (SSSR count). The first-order valence-corrected chi connectivity index (χ1v) is 7.52. The van der Waals surface area contributed by atoms with Crippen molar-refractivity contribution in [3.63, 3.8) is 0 Å². The van der Waals surface area contributed by atoms with Crippen molar-refractivity contribution in [2.24, 2.45) is 5.73 Å². The summed E-state index contributed by atoms with van der Waals surface area (Å²) in [5.74, 6) is 0. The Hall–Kier alpha value is -1.63. The highest BCUT2D eigenvalue weighted by molar-refractivity contribution is 6.56. The zero-order valence-electron chi connectivity index (χ0n) is 13.5. The Balaban J connectivity index is 1.97. The maximum atomic E-state index is 6.08. The molecule has 0 saturated carbocycles. The molecule has 2 aromatic rings. The SMILES string of the molecule is CC1(C)OB(C(=Cc2cccc3[nH]cnc23)CN)OC1(C)C. The fourth-order valence-electron chi connectivity index (χ4n) is 2.52. The highest BCUT2D eigenvalue weighted by Crippen LogP contribution is 2.38. The summed E-state index contributed by atoms with van der Waals surface area (Å²) in [6.45, 7) is 8.52. The molecule has 0 spiro atoms. The van der Waals surface area contributed by atoms with E-state index in [1.165, 1.54) is 0 Å². The van der Waals surface area contributed by atoms with Crippen molar-refractivity contribution in [2.75, 3.05) is 6.54 Å². The van der Waals surface area contributed by atoms with Crippen molar-refractivity contribution in [3.8, 4) is 0 Å². The highest BCUT2D eigenvalue weighted by Gasteiger charge is 2.52. The molecule has 22 heavy (non-hydrogen) atoms. The number of aromatic amines is 1. The lowest BCUT2D eigenvalue weighted by Gasteiger charge is -2.32. The van der Waals surface area contributed by atoms with E-state index in [-0.39, 0.29) is 11.2 Å². The van der Waals surface area contributed by atoms with E-state index in [4.69, 9.17) is 15.0 Å². The number of benzene rings is 1. The van der Waals surface area contributed by atoms with Gasteiger partial charge in [-0.25, -0.2) is 4.98 Å². The van der Waals surface area contributed by atoms with Gasteiger partial charge in [0, 0.05) is 12.1 Å². The van der Waals surface area contributed by atoms with Crippen LogP contribution < -0.4 is 5.73 Å². The first-order valence-electron chi connectivity index (χ1n) is 7.52. The molecule has 1 aromatic carbocycles. The molecule has 0 amide bonds. The van der Waals surface area contributed by atoms with E-state index in [0.717, 1.165) is 22.1 Å². The minimum atomic E-state index is -0.427. The predicted octanol–water partition coefficient (Wildman–Crippen LogP) is 2.54. The summed E-state index contributed by atoms with van der Waals surface area (Å²) in [6.07, 6.45) is 3.71. The molecule has 116 valence electrons. The van der Waals surface area contributed by atoms with Crippen LogP contribution in [0.5, 0.6) is 0 Å². The molecule has 1 saturated heterocycles. The summed E-state index contributed by atoms with van der Waals surface area (Å²) in [7, 11) is -0.427. The molecule has 0 atom stereocenters. The second-order valence-electron chi connectivity index (χ2n) is 6.66. The molecule has 0 radical (unpaired) electrons. The van der Waals surface area contributed by atoms with Crippen molar-refractivity contribution >= 4 is 24.2 Å². The number of nitrogens with two attached hydrogens (primary N) is 1. The number of fused-ring (bicyclic) bond motifs is 1. The topological polar surface area (TPSA) is 73.2 Å². The van der Waals surface area contributed by atoms with Gasteiger partial charge in [0.15, 0.2) is 0 Å². The van der Waals surface area contributed by atoms with Gasteiger partial charge in [-0.2, -0.15) is 0 Å². The van der Waals surface area contributed by atoms with Crippen molar-refractivity contribution in [3.05, 3.63) is 35.6 Å². The van der Waals surface area contributed by atoms with E-state index >= 15 is 0 Å². The highest BCUT2D eigenvalue weighted by atomic mass is 16.7. The molecule has 1 fully saturated rings. The molecule has 1 aliphatic rings. The number of hydrogen-bond donors (Lipinski definition) is 2. The quantitative estimate of drug-likeness (QED) is 0.854. The molecule has 1 aromatic heterocycles. The van der Waals surface area contributed by atoms with Gasteiger partial charge in [0.1, 0.15) is 0 Å². The van der Waals surface area contributed by atoms with Crippen molar-refractivity contribution in [2.45, 2.75) is 38.9 Å². The Bertz CT molecular complexity index is 705. The van der Waals surface area contributed by atoms with E-state index in [9.17, 15) is 0 Å². The average molecular weight is 299 g/mol. The number of imidazole rings is 1. The first kappa shape index (κ1) is 15.3. The lowest BCUT2D eigenvalue weighted by atomic mass is 9.77. The second kappa shape index (κ2) is 5.23. The van der Waals surface area contributed by atoms with Crippen molar-refractivity contribution in [1.82, 2.24) is 9.97 Å². The number of nitrogens with one attached hydrogen (secondary N) is 1. The molecular formula is C16H22BN3O2. The molecule has 3 N–H and O–H groups in total. The summed E-state index contributed by atoms with van der Waals surface area (Å²) >= 11 is 0. The van der Waals surface area contributed by atoms with Gasteiger partial charge >= 0.3 is 7.12 Å². The van der Waals surface area contributed by atoms with E-state index in [0.29, 0.717) is 6.54 Å². The van der Waals surface area contributed by atoms with Gasteiger partial charge in [0.2, 0.25) is 0 Å². The van der Waals surface area contributed by atoms with Crippen LogP contribution in [-0.2, 0) is 9.31 Å². The second-order valence-corrected chi connectivity index (χ2v) is 6.66. The summed E-state index contributed by atoms with van der Waals surface area (Å²) in [4.78, 5) is 7.48. The molecule has 0 unspecified atom stereocenters. The summed E-state index contributed by atoms with van der Waals surface area (Å²) in [5.41, 5.74) is 9.04. The summed E-state index contributed by atoms with van der Waals surface area (Å²) in [5, 5.41) is 0. The number of nitrogens with zero attached hydrogens (tertiary/aromatic N) is 1. The van der Waals surface area contributed by atoms with Crippen LogP contribution in [0.1, 0.15) is 33.3 Å². The van der Waals surface area contributed by atoms with Crippen LogP contribution in [0.3, 0.4) is 0 Å². The van der Waals surface area contributed by atoms with Crippen molar-refractivity contribution < 1.29 is 9.31 Å². The Morgan fingerprint density at radius 1 is 1.27 bits per heavy atom. The van der Waals surface area contributed by atoms with Gasteiger partial charge in [0.05, 0.1) is 28.6 Å². The lowest BCUT2D eigenvalue weighted by molar-refractivity contribution is 0.00578. The van der Waals surface area contributed by atoms with Gasteiger partial charge in [0.25, 0.3) is 0 Å². The van der Waals surface area contributed by atoms with Crippen LogP contribution >= 0.6 is 0 Å². The number of para-hydroxylation sites is 1. The lowest BCUT2D eigenvalue weighted by Crippen LogP contribution is -2.41. The zero-order valence-corrected chi connectivity index (χ0v) is 13.5. The Labute approximate surface area is 131 Å². The van der Waals surface area contributed by atoms with Gasteiger partial charge < -0.3 is 20.0 Å². The Morgan fingerprint density at radius 3 is 2.59 bits per heavy atom. The van der Waals surface area contributed by atoms with Gasteiger partial charge in [-0.3, -0.25) is 0 Å². The van der Waals surface area contributed by atoms with E-state index in [1.807, 2.05) is 52.0 Å². The van der Waals surface area contributed by atoms with Gasteiger partial charge in [-0.15, -0.1) is 0 Å². The van der Waals surface area contributed by atoms with Crippen LogP contribution in [0.2, 0.25) is 0 Å². The predicted molar refractivity (Wildman–Crippen MR) is 89.2 cm³/mol. The summed E-state index contributed by atoms with van der Waals surface area (Å²) in [6, 6.07) is 6.01. The smallest absolute Gasteiger partial charge is 0.400 e. The molecular weight excluding hydrogens is 277 g/mol. The number of rotatable bonds is 3. The molecule has 6 heteroatoms. The maximum absolute atomic E-state index is 6.08. The van der Waals surface area contributed by atoms with E-state index in [1.54, 1.807) is 6.33 Å². The Morgan fingerprint density at radius 2 is 1.95 bits per heavy atom. The monoisotopic (exact) mass is 299 g/mol. The maximum Gasteiger partial charge on any atom is 0.491 e. The molecule has 5 nitrogen and oxygen atoms in total. The van der Waals surface area contributed by atoms with Crippen LogP contribution in [0.15, 0.2) is 30.0 Å². The van der Waals surface area contributed by atoms with Crippen molar-refractivity contribution in [1.29, 1.82) is 0 Å². The van der Waals surface area contributed by atoms with E-state index in [2.05, 4.69) is 9.97 Å². The van der Waals surface area contributed by atoms with Crippen LogP contribution in [0.25, 0.3) is 17.1 Å². The van der Waals surface area contributed by atoms with Crippen LogP contribution in [0.4, 0.5) is 0 Å². The molecule has 1 aliphatic heterocycles. The number of aromatic nitrogens is 2. The number of hydrogen-bond acceptors (Lipinski definition) is 4. The van der Waals surface area contributed by atoms with E-state index < -0.39 is 7.12 Å². The average Bonchev–Trinajstić information content (AvgIpc) is 2.99. The fourth-order valence-corrected chi connectivity index (χ4v) is 2.52. The van der Waals surface area contributed by atoms with Gasteiger partial charge in [-0.05, 0) is 39.2 Å². The van der Waals surface area contributed by atoms with Gasteiger partial charge in [-0.1, -0.05) is 18.2 Å². The minimum Gasteiger partial charge on any atom is -0.400 e. The zero-order chi connectivity index (χ0) is 16.0. The minimum absolute atomic E-state index is 0.371. The van der Waals surface area contributed by atoms with Crippen LogP contribution in [-0.4, -0.2) is 34.8 Å². The summed E-state index contributed by atoms with van der Waals surface area (Å²) < 4.78 is 12.2. The molecule has 0 bridgehead atoms.